The molecule has 37 heavy (non-hydrogen) atoms. The highest BCUT2D eigenvalue weighted by molar-refractivity contribution is 5.86. The van der Waals surface area contributed by atoms with Crippen LogP contribution in [0.4, 0.5) is 4.79 Å². The number of ether oxygens (including phenoxy) is 3. The first-order valence-corrected chi connectivity index (χ1v) is 12.4. The number of nitriles is 1. The van der Waals surface area contributed by atoms with E-state index < -0.39 is 17.6 Å². The number of hydrogen-bond acceptors (Lipinski definition) is 7. The topological polar surface area (TPSA) is 111 Å². The molecule has 3 rings (SSSR count). The van der Waals surface area contributed by atoms with Gasteiger partial charge < -0.3 is 23.9 Å². The zero-order valence-electron chi connectivity index (χ0n) is 22.0. The first-order valence-electron chi connectivity index (χ1n) is 12.4. The fourth-order valence-corrected chi connectivity index (χ4v) is 3.83. The highest BCUT2D eigenvalue weighted by atomic mass is 16.6. The van der Waals surface area contributed by atoms with Crippen molar-refractivity contribution in [3.05, 3.63) is 65.6 Å². The van der Waals surface area contributed by atoms with Gasteiger partial charge in [-0.25, -0.2) is 4.79 Å². The Kier molecular flexibility index (Phi) is 9.18. The SMILES string of the molecule is CCOC(=O)C(Cc1occ2cc(C#N)ccc12)c1ccc(OC[C@H](CC)NC(=O)OC(C)(C)C)cc1. The normalized spacial score (nSPS) is 12.9. The molecule has 0 fully saturated rings. The molecular weight excluding hydrogens is 472 g/mol. The number of benzene rings is 2. The molecule has 1 amide bonds. The Balaban J connectivity index is 1.70. The predicted molar refractivity (Wildman–Crippen MR) is 139 cm³/mol. The van der Waals surface area contributed by atoms with Crippen LogP contribution in [0.3, 0.4) is 0 Å². The Hall–Kier alpha value is -3.99. The van der Waals surface area contributed by atoms with Crippen LogP contribution in [0, 0.1) is 11.3 Å². The minimum Gasteiger partial charge on any atom is -0.491 e. The molecule has 2 atom stereocenters. The third-order valence-corrected chi connectivity index (χ3v) is 5.72. The quantitative estimate of drug-likeness (QED) is 0.342. The lowest BCUT2D eigenvalue weighted by molar-refractivity contribution is -0.145. The maximum atomic E-state index is 12.9. The first kappa shape index (κ1) is 27.6. The molecule has 1 unspecified atom stereocenters. The molecule has 0 aliphatic carbocycles. The fraction of sp³-hybridized carbons (Fsp3) is 0.414. The standard InChI is InChI=1S/C29H34N2O6/c1-6-22(31-28(33)37-29(3,4)5)18-35-23-11-9-20(10-12-23)25(27(32)34-7-2)15-26-24-13-8-19(16-30)14-21(24)17-36-26/h8-14,17,22,25H,6-7,15,18H2,1-5H3,(H,31,33)/t22-,25?/m0/s1. The lowest BCUT2D eigenvalue weighted by Gasteiger charge is -2.23. The number of carbonyl (C=O) groups excluding carboxylic acids is 2. The van der Waals surface area contributed by atoms with Gasteiger partial charge in [-0.3, -0.25) is 4.79 Å². The Morgan fingerprint density at radius 1 is 1.11 bits per heavy atom. The summed E-state index contributed by atoms with van der Waals surface area (Å²) in [5, 5.41) is 13.6. The number of carbonyl (C=O) groups is 2. The first-order chi connectivity index (χ1) is 17.6. The third kappa shape index (κ3) is 7.74. The molecular formula is C29H34N2O6. The number of hydrogen-bond donors (Lipinski definition) is 1. The molecule has 196 valence electrons. The Morgan fingerprint density at radius 3 is 2.46 bits per heavy atom. The number of fused-ring (bicyclic) bond motifs is 1. The summed E-state index contributed by atoms with van der Waals surface area (Å²) in [4.78, 5) is 24.9. The summed E-state index contributed by atoms with van der Waals surface area (Å²) in [6, 6.07) is 14.5. The van der Waals surface area contributed by atoms with Crippen LogP contribution in [0.5, 0.6) is 5.75 Å². The molecule has 1 heterocycles. The van der Waals surface area contributed by atoms with E-state index in [0.717, 1.165) is 16.3 Å². The van der Waals surface area contributed by atoms with Gasteiger partial charge in [0, 0.05) is 17.2 Å². The Morgan fingerprint density at radius 2 is 1.84 bits per heavy atom. The summed E-state index contributed by atoms with van der Waals surface area (Å²) in [7, 11) is 0. The van der Waals surface area contributed by atoms with Gasteiger partial charge in [0.25, 0.3) is 0 Å². The number of rotatable bonds is 10. The van der Waals surface area contributed by atoms with Gasteiger partial charge in [-0.1, -0.05) is 19.1 Å². The van der Waals surface area contributed by atoms with Crippen molar-refractivity contribution < 1.29 is 28.2 Å². The smallest absolute Gasteiger partial charge is 0.407 e. The summed E-state index contributed by atoms with van der Waals surface area (Å²) in [5.74, 6) is 0.346. The van der Waals surface area contributed by atoms with Crippen LogP contribution in [-0.2, 0) is 20.7 Å². The van der Waals surface area contributed by atoms with E-state index >= 15 is 0 Å². The minimum atomic E-state index is -0.573. The molecule has 0 radical (unpaired) electrons. The number of amides is 1. The number of nitrogens with one attached hydrogen (secondary N) is 1. The van der Waals surface area contributed by atoms with Gasteiger partial charge in [-0.2, -0.15) is 5.26 Å². The van der Waals surface area contributed by atoms with Crippen molar-refractivity contribution in [1.82, 2.24) is 5.32 Å². The highest BCUT2D eigenvalue weighted by Crippen LogP contribution is 2.30. The number of furan rings is 1. The number of nitrogens with zero attached hydrogens (tertiary/aromatic N) is 1. The second-order valence-corrected chi connectivity index (χ2v) is 9.71. The van der Waals surface area contributed by atoms with Crippen LogP contribution in [0.15, 0.2) is 53.1 Å². The maximum absolute atomic E-state index is 12.9. The predicted octanol–water partition coefficient (Wildman–Crippen LogP) is 5.88. The van der Waals surface area contributed by atoms with Gasteiger partial charge in [0.05, 0.1) is 36.5 Å². The summed E-state index contributed by atoms with van der Waals surface area (Å²) in [6.45, 7) is 9.71. The van der Waals surface area contributed by atoms with E-state index in [1.54, 1.807) is 37.5 Å². The van der Waals surface area contributed by atoms with E-state index in [0.29, 0.717) is 29.9 Å². The average Bonchev–Trinajstić information content (AvgIpc) is 3.26. The van der Waals surface area contributed by atoms with Gasteiger partial charge in [-0.05, 0) is 70.0 Å². The number of alkyl carbamates (subject to hydrolysis) is 1. The van der Waals surface area contributed by atoms with Crippen LogP contribution in [0.1, 0.15) is 63.8 Å². The maximum Gasteiger partial charge on any atom is 0.407 e. The molecule has 0 saturated carbocycles. The van der Waals surface area contributed by atoms with Crippen molar-refractivity contribution in [3.63, 3.8) is 0 Å². The van der Waals surface area contributed by atoms with Crippen LogP contribution in [-0.4, -0.2) is 36.9 Å². The molecule has 0 bridgehead atoms. The number of esters is 1. The summed E-state index contributed by atoms with van der Waals surface area (Å²) >= 11 is 0. The molecule has 1 N–H and O–H groups in total. The summed E-state index contributed by atoms with van der Waals surface area (Å²) in [5.41, 5.74) is 0.739. The van der Waals surface area contributed by atoms with E-state index in [2.05, 4.69) is 11.4 Å². The average molecular weight is 507 g/mol. The largest absolute Gasteiger partial charge is 0.491 e. The van der Waals surface area contributed by atoms with E-state index in [4.69, 9.17) is 23.9 Å². The van der Waals surface area contributed by atoms with E-state index in [1.807, 2.05) is 45.9 Å². The second-order valence-electron chi connectivity index (χ2n) is 9.71. The Bertz CT molecular complexity index is 1250. The van der Waals surface area contributed by atoms with Crippen LogP contribution in [0.2, 0.25) is 0 Å². The van der Waals surface area contributed by atoms with Gasteiger partial charge >= 0.3 is 12.1 Å². The van der Waals surface area contributed by atoms with E-state index in [1.165, 1.54) is 0 Å². The van der Waals surface area contributed by atoms with Gasteiger partial charge in [0.15, 0.2) is 0 Å². The molecule has 1 aromatic heterocycles. The molecule has 0 aliphatic rings. The van der Waals surface area contributed by atoms with Crippen molar-refractivity contribution in [2.45, 2.75) is 65.0 Å². The fourth-order valence-electron chi connectivity index (χ4n) is 3.83. The molecule has 3 aromatic rings. The van der Waals surface area contributed by atoms with Gasteiger partial charge in [0.1, 0.15) is 23.7 Å². The molecule has 8 heteroatoms. The van der Waals surface area contributed by atoms with Crippen molar-refractivity contribution >= 4 is 22.8 Å². The monoisotopic (exact) mass is 506 g/mol. The minimum absolute atomic E-state index is 0.212. The van der Waals surface area contributed by atoms with Crippen LogP contribution in [0.25, 0.3) is 10.8 Å². The lowest BCUT2D eigenvalue weighted by atomic mass is 9.93. The second kappa shape index (κ2) is 12.3. The summed E-state index contributed by atoms with van der Waals surface area (Å²) in [6.07, 6.45) is 2.10. The van der Waals surface area contributed by atoms with Crippen LogP contribution < -0.4 is 10.1 Å². The molecule has 0 saturated heterocycles. The van der Waals surface area contributed by atoms with Crippen molar-refractivity contribution in [2.24, 2.45) is 0 Å². The zero-order valence-corrected chi connectivity index (χ0v) is 22.0. The molecule has 8 nitrogen and oxygen atoms in total. The van der Waals surface area contributed by atoms with Crippen molar-refractivity contribution in [2.75, 3.05) is 13.2 Å². The van der Waals surface area contributed by atoms with Gasteiger partial charge in [0.2, 0.25) is 0 Å². The molecule has 2 aromatic carbocycles. The highest BCUT2D eigenvalue weighted by Gasteiger charge is 2.25. The van der Waals surface area contributed by atoms with E-state index in [-0.39, 0.29) is 25.2 Å². The van der Waals surface area contributed by atoms with Gasteiger partial charge in [-0.15, -0.1) is 0 Å². The molecule has 0 spiro atoms. The lowest BCUT2D eigenvalue weighted by Crippen LogP contribution is -2.41. The van der Waals surface area contributed by atoms with E-state index in [9.17, 15) is 9.59 Å². The van der Waals surface area contributed by atoms with Crippen molar-refractivity contribution in [1.29, 1.82) is 5.26 Å². The zero-order chi connectivity index (χ0) is 27.0. The summed E-state index contributed by atoms with van der Waals surface area (Å²) < 4.78 is 22.3. The van der Waals surface area contributed by atoms with Crippen molar-refractivity contribution in [3.8, 4) is 11.8 Å². The Labute approximate surface area is 217 Å². The molecule has 0 aliphatic heterocycles. The van der Waals surface area contributed by atoms with Crippen LogP contribution >= 0.6 is 0 Å². The third-order valence-electron chi connectivity index (χ3n) is 5.72.